The molecule has 1 aromatic rings. The summed E-state index contributed by atoms with van der Waals surface area (Å²) in [6.07, 6.45) is 4.29. The van der Waals surface area contributed by atoms with Crippen molar-refractivity contribution in [2.75, 3.05) is 19.6 Å². The van der Waals surface area contributed by atoms with E-state index in [0.29, 0.717) is 24.8 Å². The van der Waals surface area contributed by atoms with Crippen LogP contribution < -0.4 is 11.1 Å². The SMILES string of the molecule is CCNC(=NCc1ncc(C(C)(C)C)o1)N1CCCC(CC(N)=O)C1.I. The van der Waals surface area contributed by atoms with Crippen molar-refractivity contribution < 1.29 is 9.21 Å². The molecule has 0 aliphatic carbocycles. The zero-order valence-electron chi connectivity index (χ0n) is 16.2. The number of piperidine rings is 1. The molecule has 2 rings (SSSR count). The Bertz CT molecular complexity index is 609. The summed E-state index contributed by atoms with van der Waals surface area (Å²) in [6, 6.07) is 0. The summed E-state index contributed by atoms with van der Waals surface area (Å²) >= 11 is 0. The maximum Gasteiger partial charge on any atom is 0.217 e. The number of halogens is 1. The molecular weight excluding hydrogens is 445 g/mol. The second-order valence-corrected chi connectivity index (χ2v) is 7.66. The van der Waals surface area contributed by atoms with E-state index in [9.17, 15) is 4.79 Å². The molecule has 1 aliphatic rings. The van der Waals surface area contributed by atoms with Gasteiger partial charge in [0.05, 0.1) is 6.20 Å². The number of aromatic nitrogens is 1. The fourth-order valence-corrected chi connectivity index (χ4v) is 3.01. The summed E-state index contributed by atoms with van der Waals surface area (Å²) < 4.78 is 5.81. The molecule has 1 unspecified atom stereocenters. The summed E-state index contributed by atoms with van der Waals surface area (Å²) in [5.41, 5.74) is 5.29. The topological polar surface area (TPSA) is 96.8 Å². The first-order chi connectivity index (χ1) is 11.8. The Kier molecular flexibility index (Phi) is 8.85. The van der Waals surface area contributed by atoms with Gasteiger partial charge >= 0.3 is 0 Å². The first-order valence-electron chi connectivity index (χ1n) is 9.06. The average molecular weight is 477 g/mol. The lowest BCUT2D eigenvalue weighted by molar-refractivity contribution is -0.119. The van der Waals surface area contributed by atoms with Crippen LogP contribution >= 0.6 is 24.0 Å². The van der Waals surface area contributed by atoms with Crippen molar-refractivity contribution in [1.29, 1.82) is 0 Å². The highest BCUT2D eigenvalue weighted by atomic mass is 127. The van der Waals surface area contributed by atoms with Crippen LogP contribution in [0, 0.1) is 5.92 Å². The quantitative estimate of drug-likeness (QED) is 0.386. The fourth-order valence-electron chi connectivity index (χ4n) is 3.01. The Labute approximate surface area is 173 Å². The number of primary amides is 1. The lowest BCUT2D eigenvalue weighted by Gasteiger charge is -2.34. The Balaban J connectivity index is 0.00000338. The first-order valence-corrected chi connectivity index (χ1v) is 9.06. The van der Waals surface area contributed by atoms with Gasteiger partial charge in [0.15, 0.2) is 5.96 Å². The highest BCUT2D eigenvalue weighted by molar-refractivity contribution is 14.0. The highest BCUT2D eigenvalue weighted by Crippen LogP contribution is 2.23. The molecule has 7 nitrogen and oxygen atoms in total. The number of carbonyl (C=O) groups is 1. The van der Waals surface area contributed by atoms with E-state index < -0.39 is 0 Å². The maximum absolute atomic E-state index is 11.2. The largest absolute Gasteiger partial charge is 0.443 e. The highest BCUT2D eigenvalue weighted by Gasteiger charge is 2.24. The molecule has 0 saturated carbocycles. The predicted molar refractivity (Wildman–Crippen MR) is 114 cm³/mol. The summed E-state index contributed by atoms with van der Waals surface area (Å²) in [5.74, 6) is 2.38. The number of oxazole rings is 1. The molecule has 1 aliphatic heterocycles. The van der Waals surface area contributed by atoms with Crippen molar-refractivity contribution in [2.45, 2.75) is 58.9 Å². The zero-order chi connectivity index (χ0) is 18.4. The second-order valence-electron chi connectivity index (χ2n) is 7.66. The summed E-state index contributed by atoms with van der Waals surface area (Å²) in [4.78, 5) is 22.4. The summed E-state index contributed by atoms with van der Waals surface area (Å²) in [5, 5.41) is 3.32. The number of rotatable bonds is 5. The van der Waals surface area contributed by atoms with Crippen LogP contribution in [0.15, 0.2) is 15.6 Å². The minimum absolute atomic E-state index is 0. The Hall–Kier alpha value is -1.32. The molecule has 0 aromatic carbocycles. The smallest absolute Gasteiger partial charge is 0.217 e. The zero-order valence-corrected chi connectivity index (χ0v) is 18.6. The third-order valence-corrected chi connectivity index (χ3v) is 4.30. The molecule has 2 heterocycles. The maximum atomic E-state index is 11.2. The molecule has 1 fully saturated rings. The van der Waals surface area contributed by atoms with Gasteiger partial charge in [-0.15, -0.1) is 24.0 Å². The van der Waals surface area contributed by atoms with Gasteiger partial charge in [0.25, 0.3) is 0 Å². The molecule has 0 bridgehead atoms. The van der Waals surface area contributed by atoms with Crippen LogP contribution in [0.2, 0.25) is 0 Å². The van der Waals surface area contributed by atoms with Crippen molar-refractivity contribution in [1.82, 2.24) is 15.2 Å². The Morgan fingerprint density at radius 1 is 1.50 bits per heavy atom. The minimum Gasteiger partial charge on any atom is -0.443 e. The molecule has 1 amide bonds. The standard InChI is InChI=1S/C18H31N5O2.HI/c1-5-20-17(23-8-6-7-13(12-23)9-15(19)24)22-11-16-21-10-14(25-16)18(2,3)4;/h10,13H,5-9,11-12H2,1-4H3,(H2,19,24)(H,20,22);1H. The van der Waals surface area contributed by atoms with Gasteiger partial charge < -0.3 is 20.4 Å². The van der Waals surface area contributed by atoms with Gasteiger partial charge in [-0.05, 0) is 25.7 Å². The van der Waals surface area contributed by atoms with E-state index in [4.69, 9.17) is 10.2 Å². The number of carbonyl (C=O) groups excluding carboxylic acids is 1. The normalized spacial score (nSPS) is 18.4. The molecule has 148 valence electrons. The van der Waals surface area contributed by atoms with Crippen LogP contribution in [0.3, 0.4) is 0 Å². The van der Waals surface area contributed by atoms with Gasteiger partial charge in [0.1, 0.15) is 12.3 Å². The van der Waals surface area contributed by atoms with Gasteiger partial charge in [-0.3, -0.25) is 4.79 Å². The van der Waals surface area contributed by atoms with Crippen LogP contribution in [-0.4, -0.2) is 41.4 Å². The van der Waals surface area contributed by atoms with Crippen molar-refractivity contribution in [3.8, 4) is 0 Å². The van der Waals surface area contributed by atoms with Crippen molar-refractivity contribution >= 4 is 35.8 Å². The van der Waals surface area contributed by atoms with Crippen LogP contribution in [0.5, 0.6) is 0 Å². The first kappa shape index (κ1) is 22.7. The molecule has 0 spiro atoms. The molecule has 3 N–H and O–H groups in total. The Morgan fingerprint density at radius 2 is 2.23 bits per heavy atom. The molecule has 1 aromatic heterocycles. The number of aliphatic imine (C=N–C) groups is 1. The lowest BCUT2D eigenvalue weighted by atomic mass is 9.94. The van der Waals surface area contributed by atoms with Gasteiger partial charge in [0, 0.05) is 31.5 Å². The van der Waals surface area contributed by atoms with E-state index >= 15 is 0 Å². The predicted octanol–water partition coefficient (Wildman–Crippen LogP) is 2.64. The van der Waals surface area contributed by atoms with E-state index in [1.165, 1.54) is 0 Å². The molecular formula is C18H32IN5O2. The summed E-state index contributed by atoms with van der Waals surface area (Å²) in [7, 11) is 0. The van der Waals surface area contributed by atoms with Crippen molar-refractivity contribution in [3.63, 3.8) is 0 Å². The number of guanidine groups is 1. The van der Waals surface area contributed by atoms with Gasteiger partial charge in [-0.25, -0.2) is 9.98 Å². The van der Waals surface area contributed by atoms with Gasteiger partial charge in [-0.1, -0.05) is 20.8 Å². The van der Waals surface area contributed by atoms with Crippen LogP contribution in [-0.2, 0) is 16.8 Å². The number of nitrogens with one attached hydrogen (secondary N) is 1. The molecule has 1 saturated heterocycles. The van der Waals surface area contributed by atoms with Crippen LogP contribution in [0.4, 0.5) is 0 Å². The van der Waals surface area contributed by atoms with E-state index in [2.05, 4.69) is 41.0 Å². The van der Waals surface area contributed by atoms with Crippen molar-refractivity contribution in [2.24, 2.45) is 16.6 Å². The summed E-state index contributed by atoms with van der Waals surface area (Å²) in [6.45, 7) is 11.2. The van der Waals surface area contributed by atoms with E-state index in [0.717, 1.165) is 44.2 Å². The van der Waals surface area contributed by atoms with Crippen LogP contribution in [0.25, 0.3) is 0 Å². The third kappa shape index (κ3) is 6.77. The molecule has 8 heteroatoms. The van der Waals surface area contributed by atoms with Gasteiger partial charge in [0.2, 0.25) is 11.8 Å². The number of likely N-dealkylation sites (tertiary alicyclic amines) is 1. The molecule has 1 atom stereocenters. The van der Waals surface area contributed by atoms with Crippen LogP contribution in [0.1, 0.15) is 58.6 Å². The number of hydrogen-bond acceptors (Lipinski definition) is 4. The second kappa shape index (κ2) is 10.1. The van der Waals surface area contributed by atoms with E-state index in [1.807, 2.05) is 6.92 Å². The Morgan fingerprint density at radius 3 is 2.81 bits per heavy atom. The number of nitrogens with zero attached hydrogens (tertiary/aromatic N) is 3. The fraction of sp³-hybridized carbons (Fsp3) is 0.722. The monoisotopic (exact) mass is 477 g/mol. The number of nitrogens with two attached hydrogens (primary N) is 1. The molecule has 0 radical (unpaired) electrons. The molecule has 26 heavy (non-hydrogen) atoms. The van der Waals surface area contributed by atoms with Gasteiger partial charge in [-0.2, -0.15) is 0 Å². The minimum atomic E-state index is -0.233. The number of hydrogen-bond donors (Lipinski definition) is 2. The lowest BCUT2D eigenvalue weighted by Crippen LogP contribution is -2.47. The van der Waals surface area contributed by atoms with Crippen molar-refractivity contribution in [3.05, 3.63) is 17.8 Å². The average Bonchev–Trinajstić information content (AvgIpc) is 3.00. The third-order valence-electron chi connectivity index (χ3n) is 4.30. The van der Waals surface area contributed by atoms with E-state index in [-0.39, 0.29) is 35.3 Å². The van der Waals surface area contributed by atoms with E-state index in [1.54, 1.807) is 6.20 Å². The number of amides is 1.